The summed E-state index contributed by atoms with van der Waals surface area (Å²) >= 11 is 1.59. The molecule has 0 aliphatic rings. The van der Waals surface area contributed by atoms with Crippen LogP contribution in [0.2, 0.25) is 0 Å². The fourth-order valence-electron chi connectivity index (χ4n) is 0.857. The van der Waals surface area contributed by atoms with Gasteiger partial charge in [0, 0.05) is 0 Å². The summed E-state index contributed by atoms with van der Waals surface area (Å²) in [5, 5.41) is 0.964. The van der Waals surface area contributed by atoms with Crippen LogP contribution in [0.1, 0.15) is 0 Å². The molecule has 0 atom stereocenters. The first kappa shape index (κ1) is 6.67. The van der Waals surface area contributed by atoms with E-state index < -0.39 is 0 Å². The molecule has 56 valence electrons. The zero-order chi connectivity index (χ0) is 7.68. The second-order valence-corrected chi connectivity index (χ2v) is 2.87. The van der Waals surface area contributed by atoms with E-state index in [-0.39, 0.29) is 0 Å². The Morgan fingerprint density at radius 1 is 1.45 bits per heavy atom. The van der Waals surface area contributed by atoms with Crippen LogP contribution in [0.3, 0.4) is 0 Å². The molecule has 11 heavy (non-hydrogen) atoms. The van der Waals surface area contributed by atoms with Crippen molar-refractivity contribution < 1.29 is 4.42 Å². The Kier molecular flexibility index (Phi) is 1.54. The third-order valence-corrected chi connectivity index (χ3v) is 2.04. The van der Waals surface area contributed by atoms with E-state index >= 15 is 0 Å². The topological polar surface area (TPSA) is 38.9 Å². The van der Waals surface area contributed by atoms with Crippen molar-refractivity contribution in [2.45, 2.75) is 5.03 Å². The van der Waals surface area contributed by atoms with E-state index in [1.807, 2.05) is 12.3 Å². The molecule has 0 fully saturated rings. The van der Waals surface area contributed by atoms with E-state index in [0.29, 0.717) is 0 Å². The van der Waals surface area contributed by atoms with Crippen molar-refractivity contribution >= 4 is 22.9 Å². The van der Waals surface area contributed by atoms with Crippen LogP contribution in [0.15, 0.2) is 28.1 Å². The molecule has 0 saturated heterocycles. The Morgan fingerprint density at radius 2 is 2.36 bits per heavy atom. The van der Waals surface area contributed by atoms with Gasteiger partial charge in [-0.3, -0.25) is 0 Å². The molecule has 2 rings (SSSR count). The van der Waals surface area contributed by atoms with Gasteiger partial charge in [0.25, 0.3) is 0 Å². The first-order valence-corrected chi connectivity index (χ1v) is 4.36. The van der Waals surface area contributed by atoms with Crippen molar-refractivity contribution in [3.05, 3.63) is 18.7 Å². The highest BCUT2D eigenvalue weighted by molar-refractivity contribution is 7.98. The predicted octanol–water partition coefficient (Wildman–Crippen LogP) is 1.94. The Bertz CT molecular complexity index is 371. The van der Waals surface area contributed by atoms with Gasteiger partial charge < -0.3 is 4.42 Å². The average molecular weight is 166 g/mol. The normalized spacial score (nSPS) is 10.6. The molecule has 0 amide bonds. The summed E-state index contributed by atoms with van der Waals surface area (Å²) in [6.45, 7) is 0. The first-order valence-electron chi connectivity index (χ1n) is 3.13. The van der Waals surface area contributed by atoms with Crippen LogP contribution in [0.4, 0.5) is 0 Å². The van der Waals surface area contributed by atoms with E-state index in [9.17, 15) is 0 Å². The summed E-state index contributed by atoms with van der Waals surface area (Å²) in [5.41, 5.74) is 1.60. The van der Waals surface area contributed by atoms with Crippen LogP contribution < -0.4 is 0 Å². The van der Waals surface area contributed by atoms with Crippen LogP contribution >= 0.6 is 11.8 Å². The standard InChI is InChI=1S/C7H6N2OS/c1-11-7-2-5-6(3-8-7)10-4-9-5/h2-4H,1H3. The number of hydrogen-bond acceptors (Lipinski definition) is 4. The van der Waals surface area contributed by atoms with E-state index in [4.69, 9.17) is 4.42 Å². The lowest BCUT2D eigenvalue weighted by molar-refractivity contribution is 0.600. The van der Waals surface area contributed by atoms with Gasteiger partial charge in [0.15, 0.2) is 12.0 Å². The number of hydrogen-bond donors (Lipinski definition) is 0. The maximum Gasteiger partial charge on any atom is 0.182 e. The van der Waals surface area contributed by atoms with Crippen molar-refractivity contribution in [2.75, 3.05) is 6.26 Å². The number of oxazole rings is 1. The minimum atomic E-state index is 0.739. The van der Waals surface area contributed by atoms with Crippen LogP contribution in [0.25, 0.3) is 11.1 Å². The number of rotatable bonds is 1. The molecule has 0 N–H and O–H groups in total. The summed E-state index contributed by atoms with van der Waals surface area (Å²) in [6.07, 6.45) is 5.10. The molecule has 0 radical (unpaired) electrons. The number of nitrogens with zero attached hydrogens (tertiary/aromatic N) is 2. The van der Waals surface area contributed by atoms with E-state index in [1.165, 1.54) is 6.39 Å². The molecule has 0 spiro atoms. The average Bonchev–Trinajstić information content (AvgIpc) is 2.50. The van der Waals surface area contributed by atoms with Crippen molar-refractivity contribution in [3.8, 4) is 0 Å². The first-order chi connectivity index (χ1) is 5.40. The van der Waals surface area contributed by atoms with Gasteiger partial charge in [-0.05, 0) is 12.3 Å². The lowest BCUT2D eigenvalue weighted by atomic mass is 10.4. The van der Waals surface area contributed by atoms with Gasteiger partial charge in [0.1, 0.15) is 5.52 Å². The molecule has 0 saturated carbocycles. The van der Waals surface area contributed by atoms with Crippen molar-refractivity contribution in [1.82, 2.24) is 9.97 Å². The lowest BCUT2D eigenvalue weighted by Crippen LogP contribution is -1.76. The van der Waals surface area contributed by atoms with Crippen LogP contribution in [-0.2, 0) is 0 Å². The molecule has 3 nitrogen and oxygen atoms in total. The maximum atomic E-state index is 5.03. The van der Waals surface area contributed by atoms with Crippen molar-refractivity contribution in [3.63, 3.8) is 0 Å². The summed E-state index contributed by atoms with van der Waals surface area (Å²) in [4.78, 5) is 8.13. The Morgan fingerprint density at radius 3 is 3.18 bits per heavy atom. The number of pyridine rings is 1. The summed E-state index contributed by atoms with van der Waals surface area (Å²) in [5.74, 6) is 0. The van der Waals surface area contributed by atoms with Gasteiger partial charge in [0.2, 0.25) is 0 Å². The molecule has 4 heteroatoms. The zero-order valence-corrected chi connectivity index (χ0v) is 6.76. The van der Waals surface area contributed by atoms with E-state index in [1.54, 1.807) is 18.0 Å². The van der Waals surface area contributed by atoms with Gasteiger partial charge in [-0.2, -0.15) is 0 Å². The van der Waals surface area contributed by atoms with Gasteiger partial charge in [-0.1, -0.05) is 0 Å². The van der Waals surface area contributed by atoms with Gasteiger partial charge in [-0.25, -0.2) is 9.97 Å². The Hall–Kier alpha value is -1.03. The fraction of sp³-hybridized carbons (Fsp3) is 0.143. The smallest absolute Gasteiger partial charge is 0.182 e. The largest absolute Gasteiger partial charge is 0.442 e. The molecule has 0 unspecified atom stereocenters. The van der Waals surface area contributed by atoms with Crippen LogP contribution in [-0.4, -0.2) is 16.2 Å². The minimum absolute atomic E-state index is 0.739. The van der Waals surface area contributed by atoms with Gasteiger partial charge >= 0.3 is 0 Å². The maximum absolute atomic E-state index is 5.03. The molecule has 0 aliphatic carbocycles. The van der Waals surface area contributed by atoms with Gasteiger partial charge in [0.05, 0.1) is 11.2 Å². The summed E-state index contributed by atoms with van der Waals surface area (Å²) in [6, 6.07) is 1.91. The van der Waals surface area contributed by atoms with Crippen molar-refractivity contribution in [2.24, 2.45) is 0 Å². The second-order valence-electron chi connectivity index (χ2n) is 2.05. The third-order valence-electron chi connectivity index (χ3n) is 1.40. The van der Waals surface area contributed by atoms with Crippen molar-refractivity contribution in [1.29, 1.82) is 0 Å². The fourth-order valence-corrected chi connectivity index (χ4v) is 1.24. The summed E-state index contributed by atoms with van der Waals surface area (Å²) in [7, 11) is 0. The quantitative estimate of drug-likeness (QED) is 0.607. The number of fused-ring (bicyclic) bond motifs is 1. The highest BCUT2D eigenvalue weighted by atomic mass is 32.2. The van der Waals surface area contributed by atoms with Gasteiger partial charge in [-0.15, -0.1) is 11.8 Å². The molecule has 0 aromatic carbocycles. The molecular weight excluding hydrogens is 160 g/mol. The molecule has 2 heterocycles. The van der Waals surface area contributed by atoms with E-state index in [2.05, 4.69) is 9.97 Å². The Labute approximate surface area is 67.8 Å². The molecule has 0 aliphatic heterocycles. The molecular formula is C7H6N2OS. The van der Waals surface area contributed by atoms with E-state index in [0.717, 1.165) is 16.1 Å². The third kappa shape index (κ3) is 1.09. The molecule has 0 bridgehead atoms. The highest BCUT2D eigenvalue weighted by Crippen LogP contribution is 2.17. The monoisotopic (exact) mass is 166 g/mol. The summed E-state index contributed by atoms with van der Waals surface area (Å²) < 4.78 is 5.03. The zero-order valence-electron chi connectivity index (χ0n) is 5.94. The van der Waals surface area contributed by atoms with Crippen LogP contribution in [0.5, 0.6) is 0 Å². The minimum Gasteiger partial charge on any atom is -0.442 e. The lowest BCUT2D eigenvalue weighted by Gasteiger charge is -1.91. The second kappa shape index (κ2) is 2.54. The molecule has 2 aromatic heterocycles. The molecule has 2 aromatic rings. The highest BCUT2D eigenvalue weighted by Gasteiger charge is 1.98. The number of aromatic nitrogens is 2. The van der Waals surface area contributed by atoms with Crippen LogP contribution in [0, 0.1) is 0 Å². The predicted molar refractivity (Wildman–Crippen MR) is 43.6 cm³/mol. The SMILES string of the molecule is CSc1cc2ncoc2cn1. The Balaban J connectivity index is 2.67. The number of thioether (sulfide) groups is 1.